The summed E-state index contributed by atoms with van der Waals surface area (Å²) in [5, 5.41) is 0. The summed E-state index contributed by atoms with van der Waals surface area (Å²) in [6.45, 7) is 8.14. The second-order valence-electron chi connectivity index (χ2n) is 10.7. The van der Waals surface area contributed by atoms with Gasteiger partial charge in [-0.15, -0.1) is 0 Å². The van der Waals surface area contributed by atoms with Gasteiger partial charge in [-0.05, 0) is 68.3 Å². The van der Waals surface area contributed by atoms with Crippen molar-refractivity contribution in [1.82, 2.24) is 0 Å². The van der Waals surface area contributed by atoms with E-state index in [0.29, 0.717) is 38.1 Å². The van der Waals surface area contributed by atoms with Crippen molar-refractivity contribution in [2.75, 3.05) is 20.5 Å². The second-order valence-corrected chi connectivity index (χ2v) is 10.7. The maximum atomic E-state index is 14.1. The van der Waals surface area contributed by atoms with Crippen molar-refractivity contribution >= 4 is 17.5 Å². The number of furan rings is 1. The van der Waals surface area contributed by atoms with Crippen molar-refractivity contribution in [3.8, 4) is 11.8 Å². The third-order valence-corrected chi connectivity index (χ3v) is 8.87. The van der Waals surface area contributed by atoms with E-state index in [1.165, 1.54) is 7.11 Å². The maximum Gasteiger partial charge on any atom is 0.309 e. The van der Waals surface area contributed by atoms with Gasteiger partial charge in [-0.3, -0.25) is 14.4 Å². The summed E-state index contributed by atoms with van der Waals surface area (Å²) in [6.07, 6.45) is 3.42. The van der Waals surface area contributed by atoms with Crippen molar-refractivity contribution in [1.29, 1.82) is 0 Å². The van der Waals surface area contributed by atoms with Gasteiger partial charge in [0.05, 0.1) is 19.3 Å². The van der Waals surface area contributed by atoms with Crippen molar-refractivity contribution in [2.45, 2.75) is 71.8 Å². The Morgan fingerprint density at radius 2 is 2.03 bits per heavy atom. The molecule has 0 N–H and O–H groups in total. The molecule has 7 heteroatoms. The number of ether oxygens (including phenoxy) is 3. The quantitative estimate of drug-likeness (QED) is 0.258. The van der Waals surface area contributed by atoms with E-state index in [2.05, 4.69) is 18.8 Å². The van der Waals surface area contributed by atoms with E-state index >= 15 is 0 Å². The van der Waals surface area contributed by atoms with E-state index in [4.69, 9.17) is 18.6 Å². The number of carbonyl (C=O) groups is 3. The molecule has 1 aromatic rings. The van der Waals surface area contributed by atoms with Gasteiger partial charge >= 0.3 is 5.97 Å². The number of rotatable bonds is 6. The second kappa shape index (κ2) is 9.91. The van der Waals surface area contributed by atoms with Crippen molar-refractivity contribution in [2.24, 2.45) is 28.6 Å². The molecule has 3 fully saturated rings. The largest absolute Gasteiger partial charge is 0.469 e. The Kier molecular flexibility index (Phi) is 7.26. The molecule has 0 spiro atoms. The number of esters is 1. The van der Waals surface area contributed by atoms with Gasteiger partial charge in [0.2, 0.25) is 0 Å². The maximum absolute atomic E-state index is 14.1. The fraction of sp³-hybridized carbons (Fsp3) is 0.679. The first-order valence-electron chi connectivity index (χ1n) is 12.5. The Hall–Kier alpha value is -2.43. The summed E-state index contributed by atoms with van der Waals surface area (Å²) < 4.78 is 22.0. The number of ketones is 2. The molecule has 7 atom stereocenters. The molecule has 190 valence electrons. The van der Waals surface area contributed by atoms with Crippen LogP contribution in [-0.2, 0) is 28.6 Å². The summed E-state index contributed by atoms with van der Waals surface area (Å²) in [5.74, 6) is 4.91. The van der Waals surface area contributed by atoms with E-state index < -0.39 is 28.8 Å². The van der Waals surface area contributed by atoms with E-state index in [1.807, 2.05) is 19.9 Å². The molecule has 0 aliphatic heterocycles. The average molecular weight is 485 g/mol. The molecule has 7 nitrogen and oxygen atoms in total. The lowest BCUT2D eigenvalue weighted by molar-refractivity contribution is -0.197. The minimum Gasteiger partial charge on any atom is -0.469 e. The molecule has 0 radical (unpaired) electrons. The Morgan fingerprint density at radius 1 is 1.26 bits per heavy atom. The molecule has 0 saturated heterocycles. The normalized spacial score (nSPS) is 36.5. The average Bonchev–Trinajstić information content (AvgIpc) is 3.28. The first-order chi connectivity index (χ1) is 16.7. The Morgan fingerprint density at radius 3 is 2.71 bits per heavy atom. The van der Waals surface area contributed by atoms with E-state index in [1.54, 1.807) is 13.2 Å². The Labute approximate surface area is 207 Å². The minimum atomic E-state index is -0.773. The summed E-state index contributed by atoms with van der Waals surface area (Å²) in [4.78, 5) is 40.6. The first kappa shape index (κ1) is 25.7. The fourth-order valence-corrected chi connectivity index (χ4v) is 7.42. The number of hydrogen-bond acceptors (Lipinski definition) is 7. The van der Waals surface area contributed by atoms with Crippen LogP contribution < -0.4 is 0 Å². The SMILES string of the molecule is CC#Cc1occc1[C@H]1CC(=O)[C@@H]2CC[C@]3(C)[C@H](C(=O)[C@@H](OCOCC)C[C@H]3C(=O)OC)[C@@]2(C)C1. The predicted octanol–water partition coefficient (Wildman–Crippen LogP) is 4.28. The van der Waals surface area contributed by atoms with Crippen LogP contribution in [0.25, 0.3) is 0 Å². The summed E-state index contributed by atoms with van der Waals surface area (Å²) in [6, 6.07) is 1.89. The van der Waals surface area contributed by atoms with Gasteiger partial charge in [-0.1, -0.05) is 19.8 Å². The van der Waals surface area contributed by atoms with Gasteiger partial charge in [0.25, 0.3) is 0 Å². The number of carbonyl (C=O) groups excluding carboxylic acids is 3. The van der Waals surface area contributed by atoms with Crippen LogP contribution in [0.15, 0.2) is 16.7 Å². The molecule has 0 amide bonds. The lowest BCUT2D eigenvalue weighted by Crippen LogP contribution is -2.64. The molecule has 35 heavy (non-hydrogen) atoms. The van der Waals surface area contributed by atoms with Gasteiger partial charge in [0.15, 0.2) is 11.5 Å². The lowest BCUT2D eigenvalue weighted by Gasteiger charge is -2.61. The molecule has 4 rings (SSSR count). The van der Waals surface area contributed by atoms with E-state index in [0.717, 1.165) is 5.56 Å². The standard InChI is InChI=1S/C28H36O7/c1-6-8-22-18(10-12-34-22)17-13-21(29)19-9-11-27(3)20(26(31)32-5)14-23(35-16-33-7-2)24(30)25(27)28(19,4)15-17/h10,12,17,19-20,23,25H,7,9,11,13-16H2,1-5H3/t17-,19-,20-,23-,25-,27-,28-/m0/s1. The van der Waals surface area contributed by atoms with Crippen molar-refractivity contribution < 1.29 is 33.0 Å². The smallest absolute Gasteiger partial charge is 0.309 e. The van der Waals surface area contributed by atoms with Gasteiger partial charge in [-0.2, -0.15) is 0 Å². The zero-order valence-electron chi connectivity index (χ0n) is 21.3. The zero-order chi connectivity index (χ0) is 25.4. The van der Waals surface area contributed by atoms with Crippen LogP contribution in [0.1, 0.15) is 77.0 Å². The fourth-order valence-electron chi connectivity index (χ4n) is 7.42. The zero-order valence-corrected chi connectivity index (χ0v) is 21.3. The monoisotopic (exact) mass is 484 g/mol. The van der Waals surface area contributed by atoms with Gasteiger partial charge in [-0.25, -0.2) is 0 Å². The first-order valence-corrected chi connectivity index (χ1v) is 12.5. The minimum absolute atomic E-state index is 0.0139. The highest BCUT2D eigenvalue weighted by Crippen LogP contribution is 2.65. The van der Waals surface area contributed by atoms with Crippen molar-refractivity contribution in [3.63, 3.8) is 0 Å². The molecule has 3 saturated carbocycles. The van der Waals surface area contributed by atoms with E-state index in [-0.39, 0.29) is 42.6 Å². The van der Waals surface area contributed by atoms with Crippen LogP contribution in [0, 0.1) is 40.4 Å². The molecule has 3 aliphatic rings. The molecule has 3 aliphatic carbocycles. The number of Topliss-reactive ketones (excluding diaryl/α,β-unsaturated/α-hetero) is 2. The van der Waals surface area contributed by atoms with Crippen molar-refractivity contribution in [3.05, 3.63) is 23.7 Å². The predicted molar refractivity (Wildman–Crippen MR) is 127 cm³/mol. The Bertz CT molecular complexity index is 1050. The van der Waals surface area contributed by atoms with Crippen LogP contribution in [0.2, 0.25) is 0 Å². The molecule has 1 heterocycles. The highest BCUT2D eigenvalue weighted by atomic mass is 16.7. The third kappa shape index (κ3) is 4.25. The lowest BCUT2D eigenvalue weighted by atomic mass is 9.41. The highest BCUT2D eigenvalue weighted by molar-refractivity contribution is 5.93. The van der Waals surface area contributed by atoms with Crippen LogP contribution in [0.3, 0.4) is 0 Å². The molecule has 0 aromatic carbocycles. The van der Waals surface area contributed by atoms with Crippen LogP contribution in [0.4, 0.5) is 0 Å². The van der Waals surface area contributed by atoms with Gasteiger partial charge < -0.3 is 18.6 Å². The molecular weight excluding hydrogens is 448 g/mol. The highest BCUT2D eigenvalue weighted by Gasteiger charge is 2.66. The van der Waals surface area contributed by atoms with Crippen LogP contribution >= 0.6 is 0 Å². The van der Waals surface area contributed by atoms with Gasteiger partial charge in [0, 0.05) is 30.4 Å². The number of hydrogen-bond donors (Lipinski definition) is 0. The van der Waals surface area contributed by atoms with Crippen LogP contribution in [-0.4, -0.2) is 44.1 Å². The number of fused-ring (bicyclic) bond motifs is 3. The topological polar surface area (TPSA) is 92.0 Å². The van der Waals surface area contributed by atoms with Gasteiger partial charge in [0.1, 0.15) is 18.7 Å². The third-order valence-electron chi connectivity index (χ3n) is 8.87. The summed E-state index contributed by atoms with van der Waals surface area (Å²) >= 11 is 0. The summed E-state index contributed by atoms with van der Waals surface area (Å²) in [5.41, 5.74) is -0.333. The molecule has 0 bridgehead atoms. The molecule has 0 unspecified atom stereocenters. The molecule has 1 aromatic heterocycles. The number of methoxy groups -OCH3 is 1. The summed E-state index contributed by atoms with van der Waals surface area (Å²) in [7, 11) is 1.38. The Balaban J connectivity index is 1.76. The molecular formula is C28H36O7. The van der Waals surface area contributed by atoms with Crippen LogP contribution in [0.5, 0.6) is 0 Å². The van der Waals surface area contributed by atoms with E-state index in [9.17, 15) is 14.4 Å².